The third kappa shape index (κ3) is 3.59. The number of allylic oxidation sites excluding steroid dienone is 4. The van der Waals surface area contributed by atoms with Crippen LogP contribution in [0.5, 0.6) is 0 Å². The molecule has 2 N–H and O–H groups in total. The third-order valence-electron chi connectivity index (χ3n) is 10.8. The highest BCUT2D eigenvalue weighted by molar-refractivity contribution is 5.49. The Hall–Kier alpha value is -0.600. The van der Waals surface area contributed by atoms with Crippen LogP contribution in [0.15, 0.2) is 22.8 Å². The lowest BCUT2D eigenvalue weighted by Crippen LogP contribution is -2.53. The van der Waals surface area contributed by atoms with Gasteiger partial charge in [0, 0.05) is 0 Å². The van der Waals surface area contributed by atoms with Gasteiger partial charge >= 0.3 is 0 Å². The Labute approximate surface area is 191 Å². The van der Waals surface area contributed by atoms with E-state index in [1.807, 2.05) is 0 Å². The second-order valence-electron chi connectivity index (χ2n) is 13.1. The molecule has 2 nitrogen and oxygen atoms in total. The smallest absolute Gasteiger partial charge is 0.0594 e. The van der Waals surface area contributed by atoms with Crippen molar-refractivity contribution in [2.24, 2.45) is 39.9 Å². The number of fused-ring (bicyclic) bond motifs is 4. The highest BCUT2D eigenvalue weighted by atomic mass is 16.3. The molecule has 0 bridgehead atoms. The lowest BCUT2D eigenvalue weighted by atomic mass is 9.46. The van der Waals surface area contributed by atoms with Gasteiger partial charge in [0.1, 0.15) is 0 Å². The summed E-state index contributed by atoms with van der Waals surface area (Å²) in [6.07, 6.45) is 12.7. The minimum atomic E-state index is -0.162. The minimum absolute atomic E-state index is 0.0185. The number of aliphatic hydroxyl groups is 2. The van der Waals surface area contributed by atoms with Gasteiger partial charge in [0.15, 0.2) is 0 Å². The highest BCUT2D eigenvalue weighted by Gasteiger charge is 2.57. The Morgan fingerprint density at radius 2 is 1.68 bits per heavy atom. The molecule has 4 aliphatic carbocycles. The lowest BCUT2D eigenvalue weighted by Gasteiger charge is -2.59. The predicted molar refractivity (Wildman–Crippen MR) is 130 cm³/mol. The molecule has 0 saturated heterocycles. The molecular formula is C29H48O2. The van der Waals surface area contributed by atoms with Crippen molar-refractivity contribution in [1.29, 1.82) is 0 Å². The molecule has 0 amide bonds. The Balaban J connectivity index is 1.57. The van der Waals surface area contributed by atoms with Gasteiger partial charge < -0.3 is 10.2 Å². The first-order valence-electron chi connectivity index (χ1n) is 13.2. The summed E-state index contributed by atoms with van der Waals surface area (Å²) in [5, 5.41) is 21.1. The monoisotopic (exact) mass is 428 g/mol. The largest absolute Gasteiger partial charge is 0.393 e. The first kappa shape index (κ1) is 23.6. The van der Waals surface area contributed by atoms with Gasteiger partial charge in [-0.2, -0.15) is 0 Å². The van der Waals surface area contributed by atoms with Crippen molar-refractivity contribution in [3.63, 3.8) is 0 Å². The van der Waals surface area contributed by atoms with E-state index in [0.29, 0.717) is 29.1 Å². The van der Waals surface area contributed by atoms with Gasteiger partial charge in [-0.25, -0.2) is 0 Å². The molecule has 31 heavy (non-hydrogen) atoms. The molecule has 4 rings (SSSR count). The van der Waals surface area contributed by atoms with E-state index in [4.69, 9.17) is 0 Å². The van der Waals surface area contributed by atoms with Crippen LogP contribution >= 0.6 is 0 Å². The first-order valence-corrected chi connectivity index (χ1v) is 13.2. The van der Waals surface area contributed by atoms with Crippen LogP contribution in [0, 0.1) is 39.9 Å². The van der Waals surface area contributed by atoms with Crippen LogP contribution in [0.4, 0.5) is 0 Å². The fourth-order valence-electron chi connectivity index (χ4n) is 8.54. The average molecular weight is 429 g/mol. The molecule has 0 aliphatic heterocycles. The van der Waals surface area contributed by atoms with E-state index in [0.717, 1.165) is 25.7 Å². The van der Waals surface area contributed by atoms with Gasteiger partial charge in [-0.15, -0.1) is 0 Å². The average Bonchev–Trinajstić information content (AvgIpc) is 3.06. The molecule has 0 aromatic carbocycles. The summed E-state index contributed by atoms with van der Waals surface area (Å²) in [7, 11) is 0. The summed E-state index contributed by atoms with van der Waals surface area (Å²) in [5.74, 6) is 2.33. The maximum Gasteiger partial charge on any atom is 0.0594 e. The van der Waals surface area contributed by atoms with Crippen LogP contribution in [0.2, 0.25) is 0 Å². The van der Waals surface area contributed by atoms with Crippen molar-refractivity contribution < 1.29 is 10.2 Å². The van der Waals surface area contributed by atoms with Crippen molar-refractivity contribution in [3.8, 4) is 0 Å². The zero-order valence-electron chi connectivity index (χ0n) is 21.3. The van der Waals surface area contributed by atoms with E-state index < -0.39 is 0 Å². The number of rotatable bonds is 5. The fourth-order valence-corrected chi connectivity index (χ4v) is 8.54. The molecule has 1 fully saturated rings. The zero-order chi connectivity index (χ0) is 22.8. The van der Waals surface area contributed by atoms with E-state index >= 15 is 0 Å². The van der Waals surface area contributed by atoms with Crippen LogP contribution in [-0.4, -0.2) is 22.4 Å². The first-order chi connectivity index (χ1) is 14.4. The van der Waals surface area contributed by atoms with Crippen LogP contribution in [0.25, 0.3) is 0 Å². The van der Waals surface area contributed by atoms with Gasteiger partial charge in [-0.05, 0) is 109 Å². The number of aliphatic hydroxyl groups excluding tert-OH is 2. The quantitative estimate of drug-likeness (QED) is 0.492. The number of hydrogen-bond acceptors (Lipinski definition) is 2. The third-order valence-corrected chi connectivity index (χ3v) is 10.8. The van der Waals surface area contributed by atoms with Crippen LogP contribution < -0.4 is 0 Å². The molecular weight excluding hydrogens is 380 g/mol. The van der Waals surface area contributed by atoms with Gasteiger partial charge in [-0.3, -0.25) is 0 Å². The molecule has 176 valence electrons. The normalized spacial score (nSPS) is 41.4. The Kier molecular flexibility index (Phi) is 6.09. The summed E-state index contributed by atoms with van der Waals surface area (Å²) in [4.78, 5) is 0. The van der Waals surface area contributed by atoms with Crippen LogP contribution in [0.3, 0.4) is 0 Å². The topological polar surface area (TPSA) is 40.5 Å². The summed E-state index contributed by atoms with van der Waals surface area (Å²) < 4.78 is 0. The van der Waals surface area contributed by atoms with Crippen LogP contribution in [-0.2, 0) is 0 Å². The van der Waals surface area contributed by atoms with Gasteiger partial charge in [0.25, 0.3) is 0 Å². The van der Waals surface area contributed by atoms with E-state index in [-0.39, 0.29) is 23.0 Å². The molecule has 0 unspecified atom stereocenters. The molecule has 0 aromatic heterocycles. The Morgan fingerprint density at radius 3 is 2.35 bits per heavy atom. The Bertz CT molecular complexity index is 759. The SMILES string of the molecule is CC(C)[C@H](O)CC[C@@H](C)[C@H]1CC=C2C3=C(CC[C@@]21C)[C@@]1(C)CC[C@H](O)C(C)(C)[C@@H]1CC3. The van der Waals surface area contributed by atoms with Gasteiger partial charge in [0.2, 0.25) is 0 Å². The predicted octanol–water partition coefficient (Wildman–Crippen LogP) is 7.06. The molecule has 0 radical (unpaired) electrons. The standard InChI is InChI=1S/C29H48O2/c1-18(2)24(30)12-8-19(3)21-10-11-22-20-9-13-25-27(4,5)26(31)15-17-29(25,7)23(20)14-16-28(21,22)6/h11,18-19,21,24-26,30-31H,8-10,12-17H2,1-7H3/t19-,21-,24-,25+,26+,28-,29-/m1/s1. The number of hydrogen-bond donors (Lipinski definition) is 2. The van der Waals surface area contributed by atoms with Crippen molar-refractivity contribution in [2.75, 3.05) is 0 Å². The van der Waals surface area contributed by atoms with Crippen molar-refractivity contribution in [2.45, 2.75) is 118 Å². The molecule has 2 heteroatoms. The maximum absolute atomic E-state index is 10.8. The van der Waals surface area contributed by atoms with Crippen LogP contribution in [0.1, 0.15) is 106 Å². The Morgan fingerprint density at radius 1 is 0.968 bits per heavy atom. The molecule has 0 aromatic rings. The molecule has 4 aliphatic rings. The summed E-state index contributed by atoms with van der Waals surface area (Å²) >= 11 is 0. The minimum Gasteiger partial charge on any atom is -0.393 e. The highest BCUT2D eigenvalue weighted by Crippen LogP contribution is 2.66. The molecule has 7 atom stereocenters. The van der Waals surface area contributed by atoms with Crippen molar-refractivity contribution in [3.05, 3.63) is 22.8 Å². The second kappa shape index (κ2) is 8.01. The maximum atomic E-state index is 10.8. The second-order valence-corrected chi connectivity index (χ2v) is 13.1. The van der Waals surface area contributed by atoms with Crippen molar-refractivity contribution in [1.82, 2.24) is 0 Å². The van der Waals surface area contributed by atoms with Gasteiger partial charge in [-0.1, -0.05) is 60.1 Å². The van der Waals surface area contributed by atoms with E-state index in [9.17, 15) is 10.2 Å². The molecule has 1 saturated carbocycles. The van der Waals surface area contributed by atoms with E-state index in [1.165, 1.54) is 32.1 Å². The zero-order valence-corrected chi connectivity index (χ0v) is 21.3. The van der Waals surface area contributed by atoms with E-state index in [2.05, 4.69) is 54.5 Å². The summed E-state index contributed by atoms with van der Waals surface area (Å²) in [5.41, 5.74) is 5.77. The summed E-state index contributed by atoms with van der Waals surface area (Å²) in [6, 6.07) is 0. The lowest BCUT2D eigenvalue weighted by molar-refractivity contribution is -0.0905. The molecule has 0 spiro atoms. The molecule has 0 heterocycles. The fraction of sp³-hybridized carbons (Fsp3) is 0.862. The van der Waals surface area contributed by atoms with E-state index in [1.54, 1.807) is 16.7 Å². The van der Waals surface area contributed by atoms with Gasteiger partial charge in [0.05, 0.1) is 12.2 Å². The summed E-state index contributed by atoms with van der Waals surface area (Å²) in [6.45, 7) is 16.4. The van der Waals surface area contributed by atoms with Crippen molar-refractivity contribution >= 4 is 0 Å².